The van der Waals surface area contributed by atoms with E-state index in [-0.39, 0.29) is 12.1 Å². The van der Waals surface area contributed by atoms with Crippen molar-refractivity contribution in [1.29, 1.82) is 0 Å². The number of hydrogen-bond donors (Lipinski definition) is 0. The van der Waals surface area contributed by atoms with Gasteiger partial charge in [0.15, 0.2) is 6.29 Å². The molecule has 1 atom stereocenters. The van der Waals surface area contributed by atoms with Gasteiger partial charge in [-0.1, -0.05) is 73.7 Å². The van der Waals surface area contributed by atoms with E-state index in [1.54, 1.807) is 6.92 Å². The van der Waals surface area contributed by atoms with Gasteiger partial charge >= 0.3 is 0 Å². The molecule has 1 fully saturated rings. The zero-order valence-electron chi connectivity index (χ0n) is 25.9. The summed E-state index contributed by atoms with van der Waals surface area (Å²) in [5, 5.41) is 0. The van der Waals surface area contributed by atoms with E-state index >= 15 is 0 Å². The Hall–Kier alpha value is -3.71. The summed E-state index contributed by atoms with van der Waals surface area (Å²) >= 11 is 0. The van der Waals surface area contributed by atoms with Crippen LogP contribution in [0.2, 0.25) is 0 Å². The molecule has 0 amide bonds. The fraction of sp³-hybridized carbons (Fsp3) is 0.368. The summed E-state index contributed by atoms with van der Waals surface area (Å²) < 4.78 is 45.1. The Bertz CT molecular complexity index is 1450. The largest absolute Gasteiger partial charge is 0.488 e. The van der Waals surface area contributed by atoms with Crippen LogP contribution in [0.4, 0.5) is 4.39 Å². The summed E-state index contributed by atoms with van der Waals surface area (Å²) in [5.74, 6) is 1.26. The average molecular weight is 599 g/mol. The van der Waals surface area contributed by atoms with Crippen molar-refractivity contribution in [3.63, 3.8) is 0 Å². The van der Waals surface area contributed by atoms with Crippen molar-refractivity contribution in [1.82, 2.24) is 0 Å². The third-order valence-corrected chi connectivity index (χ3v) is 7.91. The Balaban J connectivity index is 1.45. The zero-order valence-corrected chi connectivity index (χ0v) is 25.9. The summed E-state index contributed by atoms with van der Waals surface area (Å²) in [5.41, 5.74) is 6.78. The van der Waals surface area contributed by atoms with Crippen molar-refractivity contribution in [2.45, 2.75) is 65.5 Å². The van der Waals surface area contributed by atoms with Gasteiger partial charge in [0, 0.05) is 18.2 Å². The first-order chi connectivity index (χ1) is 21.6. The average Bonchev–Trinajstić information content (AvgIpc) is 3.07. The number of hydrogen-bond acceptors (Lipinski definition) is 5. The smallest absolute Gasteiger partial charge is 0.157 e. The normalized spacial score (nSPS) is 14.8. The van der Waals surface area contributed by atoms with E-state index in [1.807, 2.05) is 66.7 Å². The topological polar surface area (TPSA) is 46.2 Å². The van der Waals surface area contributed by atoms with Gasteiger partial charge in [-0.15, -0.1) is 0 Å². The van der Waals surface area contributed by atoms with Crippen LogP contribution in [0.15, 0.2) is 84.9 Å². The van der Waals surface area contributed by atoms with E-state index in [9.17, 15) is 4.39 Å². The van der Waals surface area contributed by atoms with Crippen LogP contribution in [0.5, 0.6) is 11.5 Å². The Labute approximate surface area is 260 Å². The summed E-state index contributed by atoms with van der Waals surface area (Å²) in [6.07, 6.45) is 4.43. The molecule has 5 rings (SSSR count). The number of halogens is 1. The van der Waals surface area contributed by atoms with Crippen molar-refractivity contribution < 1.29 is 28.1 Å². The molecule has 0 bridgehead atoms. The Morgan fingerprint density at radius 3 is 2.11 bits per heavy atom. The Morgan fingerprint density at radius 1 is 0.773 bits per heavy atom. The highest BCUT2D eigenvalue weighted by molar-refractivity contribution is 5.78. The molecule has 1 unspecified atom stereocenters. The predicted octanol–water partition coefficient (Wildman–Crippen LogP) is 8.62. The number of benzene rings is 4. The molecule has 0 radical (unpaired) electrons. The first-order valence-electron chi connectivity index (χ1n) is 15.7. The van der Waals surface area contributed by atoms with Gasteiger partial charge < -0.3 is 23.7 Å². The molecule has 0 spiro atoms. The summed E-state index contributed by atoms with van der Waals surface area (Å²) in [7, 11) is 0. The van der Waals surface area contributed by atoms with Crippen LogP contribution >= 0.6 is 0 Å². The molecule has 4 aromatic carbocycles. The molecule has 1 aliphatic rings. The second-order valence-corrected chi connectivity index (χ2v) is 11.1. The molecule has 1 heterocycles. The van der Waals surface area contributed by atoms with Crippen LogP contribution < -0.4 is 9.47 Å². The Morgan fingerprint density at radius 2 is 1.48 bits per heavy atom. The minimum atomic E-state index is -0.231. The molecule has 1 aliphatic heterocycles. The number of rotatable bonds is 15. The van der Waals surface area contributed by atoms with E-state index in [1.165, 1.54) is 6.07 Å². The first-order valence-corrected chi connectivity index (χ1v) is 15.7. The standard InChI is InChI=1S/C38H43FO5/c1-3-32-33(19-21-40-22-23-42-37-16-10-11-20-41-37)38(31-17-18-34(39)28(2)24-31)36(44-27-30-14-8-5-9-15-30)25-35(32)43-26-29-12-6-4-7-13-29/h4-9,12-15,17-18,24-25,37H,3,10-11,16,19-23,26-27H2,1-2H3. The molecule has 4 aromatic rings. The molecule has 0 aliphatic carbocycles. The van der Waals surface area contributed by atoms with E-state index in [4.69, 9.17) is 23.7 Å². The van der Waals surface area contributed by atoms with Gasteiger partial charge in [0.1, 0.15) is 30.5 Å². The van der Waals surface area contributed by atoms with Gasteiger partial charge in [-0.3, -0.25) is 0 Å². The minimum absolute atomic E-state index is 0.130. The molecule has 1 saturated heterocycles. The second kappa shape index (κ2) is 16.4. The van der Waals surface area contributed by atoms with Crippen LogP contribution in [0.1, 0.15) is 54.0 Å². The Kier molecular flexibility index (Phi) is 11.8. The zero-order chi connectivity index (χ0) is 30.6. The van der Waals surface area contributed by atoms with Gasteiger partial charge in [-0.05, 0) is 84.5 Å². The fourth-order valence-corrected chi connectivity index (χ4v) is 5.58. The quantitative estimate of drug-likeness (QED) is 0.128. The SMILES string of the molecule is CCc1c(OCc2ccccc2)cc(OCc2ccccc2)c(-c2ccc(F)c(C)c2)c1CCOCCOC1CCCCO1. The van der Waals surface area contributed by atoms with E-state index in [0.29, 0.717) is 50.8 Å². The lowest BCUT2D eigenvalue weighted by Gasteiger charge is -2.24. The molecule has 0 N–H and O–H groups in total. The van der Waals surface area contributed by atoms with Crippen LogP contribution in [0.25, 0.3) is 11.1 Å². The van der Waals surface area contributed by atoms with E-state index < -0.39 is 0 Å². The summed E-state index contributed by atoms with van der Waals surface area (Å²) in [6.45, 7) is 6.99. The van der Waals surface area contributed by atoms with E-state index in [2.05, 4.69) is 19.1 Å². The lowest BCUT2D eigenvalue weighted by molar-refractivity contribution is -0.168. The van der Waals surface area contributed by atoms with Crippen molar-refractivity contribution >= 4 is 0 Å². The molecule has 232 valence electrons. The van der Waals surface area contributed by atoms with Crippen LogP contribution in [0.3, 0.4) is 0 Å². The lowest BCUT2D eigenvalue weighted by atomic mass is 9.90. The highest BCUT2D eigenvalue weighted by atomic mass is 19.1. The maximum atomic E-state index is 14.4. The van der Waals surface area contributed by atoms with Crippen molar-refractivity contribution in [2.75, 3.05) is 26.4 Å². The third kappa shape index (κ3) is 8.69. The van der Waals surface area contributed by atoms with Gasteiger partial charge in [0.05, 0.1) is 19.8 Å². The maximum absolute atomic E-state index is 14.4. The fourth-order valence-electron chi connectivity index (χ4n) is 5.58. The van der Waals surface area contributed by atoms with Crippen molar-refractivity contribution in [3.05, 3.63) is 119 Å². The lowest BCUT2D eigenvalue weighted by Crippen LogP contribution is -2.24. The third-order valence-electron chi connectivity index (χ3n) is 7.91. The molecule has 0 saturated carbocycles. The van der Waals surface area contributed by atoms with Crippen LogP contribution in [-0.4, -0.2) is 32.7 Å². The maximum Gasteiger partial charge on any atom is 0.157 e. The highest BCUT2D eigenvalue weighted by Gasteiger charge is 2.22. The molecule has 6 heteroatoms. The van der Waals surface area contributed by atoms with Gasteiger partial charge in [-0.25, -0.2) is 4.39 Å². The van der Waals surface area contributed by atoms with Crippen molar-refractivity contribution in [2.24, 2.45) is 0 Å². The van der Waals surface area contributed by atoms with Gasteiger partial charge in [0.25, 0.3) is 0 Å². The van der Waals surface area contributed by atoms with Crippen molar-refractivity contribution in [3.8, 4) is 22.6 Å². The number of aryl methyl sites for hydroxylation is 1. The molecule has 5 nitrogen and oxygen atoms in total. The van der Waals surface area contributed by atoms with Crippen LogP contribution in [0, 0.1) is 12.7 Å². The monoisotopic (exact) mass is 598 g/mol. The van der Waals surface area contributed by atoms with E-state index in [0.717, 1.165) is 71.4 Å². The summed E-state index contributed by atoms with van der Waals surface area (Å²) in [4.78, 5) is 0. The summed E-state index contributed by atoms with van der Waals surface area (Å²) in [6, 6.07) is 27.5. The van der Waals surface area contributed by atoms with Gasteiger partial charge in [0.2, 0.25) is 0 Å². The molecular weight excluding hydrogens is 555 g/mol. The molecule has 44 heavy (non-hydrogen) atoms. The first kappa shape index (κ1) is 31.7. The van der Waals surface area contributed by atoms with Gasteiger partial charge in [-0.2, -0.15) is 0 Å². The molecular formula is C38H43FO5. The number of ether oxygens (including phenoxy) is 5. The molecule has 0 aromatic heterocycles. The highest BCUT2D eigenvalue weighted by Crippen LogP contribution is 2.42. The minimum Gasteiger partial charge on any atom is -0.488 e. The second-order valence-electron chi connectivity index (χ2n) is 11.1. The van der Waals surface area contributed by atoms with Crippen LogP contribution in [-0.2, 0) is 40.3 Å². The predicted molar refractivity (Wildman–Crippen MR) is 172 cm³/mol.